The Balaban J connectivity index is 2.09. The Morgan fingerprint density at radius 3 is 2.80 bits per heavy atom. The van der Waals surface area contributed by atoms with Crippen LogP contribution in [0.1, 0.15) is 24.0 Å². The molecule has 102 valence electrons. The van der Waals surface area contributed by atoms with Crippen molar-refractivity contribution < 1.29 is 5.11 Å². The molecule has 0 bridgehead atoms. The summed E-state index contributed by atoms with van der Waals surface area (Å²) in [6, 6.07) is 5.96. The fourth-order valence-corrected chi connectivity index (χ4v) is 7.49. The van der Waals surface area contributed by atoms with Gasteiger partial charge in [0.25, 0.3) is 0 Å². The molecule has 0 radical (unpaired) electrons. The zero-order chi connectivity index (χ0) is 13.9. The van der Waals surface area contributed by atoms with Crippen molar-refractivity contribution in [1.82, 2.24) is 4.98 Å². The number of hydrogen-bond donors (Lipinski definition) is 1. The molecule has 2 aliphatic rings. The molecule has 0 spiro atoms. The summed E-state index contributed by atoms with van der Waals surface area (Å²) in [4.78, 5) is 4.75. The largest absolute Gasteiger partial charge is 0.507 e. The topological polar surface area (TPSA) is 33.1 Å². The molecule has 0 fully saturated rings. The van der Waals surface area contributed by atoms with Gasteiger partial charge in [0.1, 0.15) is 13.8 Å². The van der Waals surface area contributed by atoms with Gasteiger partial charge in [-0.05, 0) is 53.3 Å². The van der Waals surface area contributed by atoms with Gasteiger partial charge in [-0.25, -0.2) is 0 Å². The van der Waals surface area contributed by atoms with E-state index in [-0.39, 0.29) is 0 Å². The molecule has 1 aliphatic heterocycles. The summed E-state index contributed by atoms with van der Waals surface area (Å²) in [6.07, 6.45) is 6.98. The molecule has 1 aromatic heterocycles. The lowest BCUT2D eigenvalue weighted by molar-refractivity contribution is 0.477. The minimum absolute atomic E-state index is 0.394. The first-order valence-electron chi connectivity index (χ1n) is 7.45. The van der Waals surface area contributed by atoms with Crippen LogP contribution in [0, 0.1) is 0 Å². The normalized spacial score (nSPS) is 18.3. The first-order valence-corrected chi connectivity index (χ1v) is 10.4. The fraction of sp³-hybridized carbons (Fsp3) is 0.353. The molecule has 3 heteroatoms. The van der Waals surface area contributed by atoms with Crippen molar-refractivity contribution in [3.05, 3.63) is 35.5 Å². The third kappa shape index (κ3) is 1.41. The van der Waals surface area contributed by atoms with Crippen LogP contribution in [-0.4, -0.2) is 18.2 Å². The second-order valence-electron chi connectivity index (χ2n) is 6.52. The van der Waals surface area contributed by atoms with E-state index in [0.717, 1.165) is 11.3 Å². The maximum atomic E-state index is 10.3. The lowest BCUT2D eigenvalue weighted by Gasteiger charge is -2.25. The van der Waals surface area contributed by atoms with E-state index >= 15 is 0 Å². The molecule has 2 aromatic rings. The van der Waals surface area contributed by atoms with Gasteiger partial charge in [0.2, 0.25) is 0 Å². The second-order valence-corrected chi connectivity index (χ2v) is 10.8. The first-order chi connectivity index (χ1) is 9.60. The zero-order valence-electron chi connectivity index (χ0n) is 12.0. The number of pyridine rings is 1. The van der Waals surface area contributed by atoms with Gasteiger partial charge in [-0.2, -0.15) is 0 Å². The zero-order valence-corrected chi connectivity index (χ0v) is 13.0. The number of benzene rings is 1. The quantitative estimate of drug-likeness (QED) is 0.753. The number of fused-ring (bicyclic) bond motifs is 5. The summed E-state index contributed by atoms with van der Waals surface area (Å²) in [7, 11) is -1.71. The first kappa shape index (κ1) is 12.2. The number of aromatic hydroxyl groups is 1. The summed E-state index contributed by atoms with van der Waals surface area (Å²) < 4.78 is 0. The van der Waals surface area contributed by atoms with Crippen LogP contribution in [0.4, 0.5) is 0 Å². The maximum absolute atomic E-state index is 10.3. The van der Waals surface area contributed by atoms with Crippen molar-refractivity contribution in [3.8, 4) is 17.0 Å². The van der Waals surface area contributed by atoms with E-state index in [9.17, 15) is 5.11 Å². The molecule has 20 heavy (non-hydrogen) atoms. The smallest absolute Gasteiger partial charge is 0.124 e. The number of phenolic OH excluding ortho intramolecular Hbond substituents is 1. The Hall–Kier alpha value is -1.61. The van der Waals surface area contributed by atoms with E-state index < -0.39 is 8.07 Å². The summed E-state index contributed by atoms with van der Waals surface area (Å²) in [5.74, 6) is 0.394. The molecule has 0 amide bonds. The van der Waals surface area contributed by atoms with Gasteiger partial charge in [-0.15, -0.1) is 0 Å². The Labute approximate surface area is 120 Å². The number of phenols is 1. The van der Waals surface area contributed by atoms with E-state index in [1.165, 1.54) is 41.6 Å². The molecular formula is C17H19NOSi. The molecule has 0 saturated carbocycles. The van der Waals surface area contributed by atoms with E-state index in [4.69, 9.17) is 4.98 Å². The van der Waals surface area contributed by atoms with Gasteiger partial charge >= 0.3 is 0 Å². The number of hydrogen-bond acceptors (Lipinski definition) is 2. The van der Waals surface area contributed by atoms with Crippen LogP contribution in [-0.2, 0) is 12.8 Å². The fourth-order valence-electron chi connectivity index (χ4n) is 4.01. The highest BCUT2D eigenvalue weighted by Gasteiger charge is 2.42. The number of aromatic nitrogens is 1. The third-order valence-corrected chi connectivity index (χ3v) is 8.53. The minimum Gasteiger partial charge on any atom is -0.507 e. The average Bonchev–Trinajstić information content (AvgIpc) is 2.69. The number of rotatable bonds is 0. The lowest BCUT2D eigenvalue weighted by Crippen LogP contribution is -2.51. The van der Waals surface area contributed by atoms with Crippen LogP contribution < -0.4 is 10.4 Å². The molecule has 4 rings (SSSR count). The van der Waals surface area contributed by atoms with Crippen molar-refractivity contribution in [3.63, 3.8) is 0 Å². The van der Waals surface area contributed by atoms with Gasteiger partial charge in [0.15, 0.2) is 0 Å². The molecule has 0 saturated heterocycles. The highest BCUT2D eigenvalue weighted by molar-refractivity contribution is 7.04. The van der Waals surface area contributed by atoms with Gasteiger partial charge in [0, 0.05) is 11.8 Å². The van der Waals surface area contributed by atoms with Crippen LogP contribution in [0.5, 0.6) is 5.75 Å². The molecule has 2 nitrogen and oxygen atoms in total. The Morgan fingerprint density at radius 2 is 1.95 bits per heavy atom. The monoisotopic (exact) mass is 281 g/mol. The predicted molar refractivity (Wildman–Crippen MR) is 84.7 cm³/mol. The third-order valence-electron chi connectivity index (χ3n) is 4.98. The Bertz CT molecular complexity index is 721. The van der Waals surface area contributed by atoms with Crippen LogP contribution in [0.15, 0.2) is 24.4 Å². The van der Waals surface area contributed by atoms with E-state index in [2.05, 4.69) is 25.4 Å². The molecule has 2 heterocycles. The molecular weight excluding hydrogens is 262 g/mol. The van der Waals surface area contributed by atoms with Gasteiger partial charge in [0.05, 0.1) is 5.69 Å². The predicted octanol–water partition coefficient (Wildman–Crippen LogP) is 2.47. The Kier molecular flexibility index (Phi) is 2.40. The summed E-state index contributed by atoms with van der Waals surface area (Å²) >= 11 is 0. The van der Waals surface area contributed by atoms with Crippen LogP contribution >= 0.6 is 0 Å². The maximum Gasteiger partial charge on any atom is 0.124 e. The van der Waals surface area contributed by atoms with Gasteiger partial charge < -0.3 is 5.11 Å². The highest BCUT2D eigenvalue weighted by atomic mass is 28.3. The van der Waals surface area contributed by atoms with E-state index in [1.807, 2.05) is 6.07 Å². The van der Waals surface area contributed by atoms with Gasteiger partial charge in [-0.1, -0.05) is 25.2 Å². The lowest BCUT2D eigenvalue weighted by atomic mass is 9.92. The molecule has 1 aliphatic carbocycles. The Morgan fingerprint density at radius 1 is 1.15 bits per heavy atom. The van der Waals surface area contributed by atoms with Crippen molar-refractivity contribution in [2.75, 3.05) is 0 Å². The van der Waals surface area contributed by atoms with Crippen LogP contribution in [0.2, 0.25) is 13.1 Å². The van der Waals surface area contributed by atoms with E-state index in [0.29, 0.717) is 5.75 Å². The van der Waals surface area contributed by atoms with Crippen molar-refractivity contribution in [2.45, 2.75) is 38.8 Å². The summed E-state index contributed by atoms with van der Waals surface area (Å²) in [5.41, 5.74) is 5.07. The molecule has 1 N–H and O–H groups in total. The standard InChI is InChI=1S/C17H19NOSi/c1-20(2)14-9-5-8-13(19)15(14)16-17(20)12-7-4-3-6-11(12)10-18-16/h5,8-10,19H,3-4,6-7H2,1-2H3. The van der Waals surface area contributed by atoms with Crippen molar-refractivity contribution in [2.24, 2.45) is 0 Å². The minimum atomic E-state index is -1.71. The average molecular weight is 281 g/mol. The summed E-state index contributed by atoms with van der Waals surface area (Å²) in [6.45, 7) is 4.79. The summed E-state index contributed by atoms with van der Waals surface area (Å²) in [5, 5.41) is 13.1. The number of nitrogens with zero attached hydrogens (tertiary/aromatic N) is 1. The van der Waals surface area contributed by atoms with Gasteiger partial charge in [-0.3, -0.25) is 4.98 Å². The molecule has 0 atom stereocenters. The van der Waals surface area contributed by atoms with Crippen LogP contribution in [0.25, 0.3) is 11.3 Å². The van der Waals surface area contributed by atoms with Crippen molar-refractivity contribution in [1.29, 1.82) is 0 Å². The number of aryl methyl sites for hydroxylation is 1. The highest BCUT2D eigenvalue weighted by Crippen LogP contribution is 2.36. The van der Waals surface area contributed by atoms with Crippen LogP contribution in [0.3, 0.4) is 0 Å². The van der Waals surface area contributed by atoms with Crippen molar-refractivity contribution >= 4 is 18.4 Å². The van der Waals surface area contributed by atoms with E-state index in [1.54, 1.807) is 11.6 Å². The second kappa shape index (κ2) is 3.95. The molecule has 1 aromatic carbocycles. The molecule has 0 unspecified atom stereocenters. The SMILES string of the molecule is C[Si]1(C)c2cccc(O)c2-c2ncc3c(c21)CCCC3.